The first-order valence-corrected chi connectivity index (χ1v) is 9.31. The van der Waals surface area contributed by atoms with E-state index < -0.39 is 17.8 Å². The first kappa shape index (κ1) is 22.1. The lowest BCUT2D eigenvalue weighted by atomic mass is 9.91. The molecular formula is C22H26FN3O3. The number of carbonyl (C=O) groups excluding carboxylic acids is 1. The summed E-state index contributed by atoms with van der Waals surface area (Å²) in [7, 11) is 0. The largest absolute Gasteiger partial charge is 0.478 e. The normalized spacial score (nSPS) is 13.9. The Kier molecular flexibility index (Phi) is 7.09. The van der Waals surface area contributed by atoms with Gasteiger partial charge in [0.1, 0.15) is 5.49 Å². The van der Waals surface area contributed by atoms with Gasteiger partial charge in [-0.05, 0) is 61.7 Å². The van der Waals surface area contributed by atoms with Gasteiger partial charge in [0, 0.05) is 30.3 Å². The van der Waals surface area contributed by atoms with Crippen molar-refractivity contribution < 1.29 is 19.1 Å². The van der Waals surface area contributed by atoms with Gasteiger partial charge in [-0.15, -0.1) is 0 Å². The number of carboxylic acid groups (broad SMARTS) is 1. The second-order valence-electron chi connectivity index (χ2n) is 7.29. The quantitative estimate of drug-likeness (QED) is 0.629. The van der Waals surface area contributed by atoms with Gasteiger partial charge in [-0.25, -0.2) is 9.18 Å². The Morgan fingerprint density at radius 1 is 1.21 bits per heavy atom. The highest BCUT2D eigenvalue weighted by molar-refractivity contribution is 5.96. The molecule has 0 saturated heterocycles. The number of nitrogens with one attached hydrogen (secondary N) is 2. The third kappa shape index (κ3) is 5.63. The molecule has 0 aliphatic rings. The van der Waals surface area contributed by atoms with Crippen molar-refractivity contribution in [1.82, 2.24) is 9.88 Å². The van der Waals surface area contributed by atoms with Gasteiger partial charge in [0.15, 0.2) is 0 Å². The van der Waals surface area contributed by atoms with Crippen molar-refractivity contribution in [3.63, 3.8) is 0 Å². The van der Waals surface area contributed by atoms with E-state index in [0.717, 1.165) is 5.56 Å². The summed E-state index contributed by atoms with van der Waals surface area (Å²) in [6.07, 6.45) is 1.79. The number of aromatic nitrogens is 1. The topological polar surface area (TPSA) is 95.2 Å². The molecule has 2 rings (SSSR count). The molecule has 0 spiro atoms. The average Bonchev–Trinajstić information content (AvgIpc) is 2.65. The maximum atomic E-state index is 13.7. The Hall–Kier alpha value is -3.22. The summed E-state index contributed by atoms with van der Waals surface area (Å²) in [5.74, 6) is -2.10. The maximum absolute atomic E-state index is 13.7. The molecule has 29 heavy (non-hydrogen) atoms. The SMILES string of the molecule is C=C(F)C[C@H]([C@@H](C)C(C)NC(=O)c1ccc(C(=O)O)cc1)n1ccc(C)cc1=N. The van der Waals surface area contributed by atoms with E-state index in [9.17, 15) is 14.0 Å². The van der Waals surface area contributed by atoms with Gasteiger partial charge in [-0.1, -0.05) is 13.5 Å². The van der Waals surface area contributed by atoms with Crippen LogP contribution in [0.5, 0.6) is 0 Å². The van der Waals surface area contributed by atoms with Crippen LogP contribution in [0.25, 0.3) is 0 Å². The molecule has 1 aromatic heterocycles. The van der Waals surface area contributed by atoms with Crippen LogP contribution in [0.1, 0.15) is 52.6 Å². The fourth-order valence-corrected chi connectivity index (χ4v) is 3.19. The monoisotopic (exact) mass is 399 g/mol. The highest BCUT2D eigenvalue weighted by atomic mass is 19.1. The summed E-state index contributed by atoms with van der Waals surface area (Å²) < 4.78 is 15.4. The van der Waals surface area contributed by atoms with Crippen LogP contribution >= 0.6 is 0 Å². The van der Waals surface area contributed by atoms with Gasteiger partial charge in [-0.3, -0.25) is 10.2 Å². The number of aromatic carboxylic acids is 1. The van der Waals surface area contributed by atoms with Crippen LogP contribution in [0.4, 0.5) is 4.39 Å². The minimum absolute atomic E-state index is 0.0360. The number of amides is 1. The van der Waals surface area contributed by atoms with Gasteiger partial charge < -0.3 is 15.0 Å². The maximum Gasteiger partial charge on any atom is 0.335 e. The number of pyridine rings is 1. The van der Waals surface area contributed by atoms with Gasteiger partial charge in [0.05, 0.1) is 11.4 Å². The Bertz CT molecular complexity index is 966. The molecule has 1 amide bonds. The van der Waals surface area contributed by atoms with Gasteiger partial charge >= 0.3 is 5.97 Å². The van der Waals surface area contributed by atoms with E-state index in [2.05, 4.69) is 11.9 Å². The number of aryl methyl sites for hydroxylation is 1. The summed E-state index contributed by atoms with van der Waals surface area (Å²) in [4.78, 5) is 23.5. The molecule has 1 unspecified atom stereocenters. The molecule has 3 atom stereocenters. The number of hydrogen-bond donors (Lipinski definition) is 3. The molecule has 154 valence electrons. The van der Waals surface area contributed by atoms with Crippen molar-refractivity contribution in [2.45, 2.75) is 39.3 Å². The van der Waals surface area contributed by atoms with E-state index in [0.29, 0.717) is 5.56 Å². The Balaban J connectivity index is 2.20. The highest BCUT2D eigenvalue weighted by Crippen LogP contribution is 2.27. The molecule has 0 aliphatic heterocycles. The molecule has 7 heteroatoms. The molecule has 3 N–H and O–H groups in total. The molecule has 0 saturated carbocycles. The number of hydrogen-bond acceptors (Lipinski definition) is 3. The number of halogens is 1. The predicted octanol–water partition coefficient (Wildman–Crippen LogP) is 3.84. The summed E-state index contributed by atoms with van der Waals surface area (Å²) in [6, 6.07) is 8.47. The third-order valence-electron chi connectivity index (χ3n) is 5.08. The van der Waals surface area contributed by atoms with Crippen molar-refractivity contribution in [2.75, 3.05) is 0 Å². The fraction of sp³-hybridized carbons (Fsp3) is 0.318. The molecule has 1 heterocycles. The highest BCUT2D eigenvalue weighted by Gasteiger charge is 2.26. The zero-order valence-electron chi connectivity index (χ0n) is 16.8. The number of benzene rings is 1. The van der Waals surface area contributed by atoms with Crippen molar-refractivity contribution >= 4 is 11.9 Å². The van der Waals surface area contributed by atoms with Crippen LogP contribution in [0, 0.1) is 18.3 Å². The van der Waals surface area contributed by atoms with Gasteiger partial charge in [-0.2, -0.15) is 0 Å². The van der Waals surface area contributed by atoms with Gasteiger partial charge in [0.2, 0.25) is 0 Å². The lowest BCUT2D eigenvalue weighted by molar-refractivity contribution is 0.0696. The average molecular weight is 399 g/mol. The van der Waals surface area contributed by atoms with E-state index in [-0.39, 0.29) is 35.3 Å². The van der Waals surface area contributed by atoms with Crippen molar-refractivity contribution in [2.24, 2.45) is 5.92 Å². The number of carbonyl (C=O) groups is 2. The lowest BCUT2D eigenvalue weighted by Gasteiger charge is -2.31. The van der Waals surface area contributed by atoms with Crippen LogP contribution in [-0.2, 0) is 0 Å². The molecule has 1 aromatic carbocycles. The lowest BCUT2D eigenvalue weighted by Crippen LogP contribution is -2.42. The van der Waals surface area contributed by atoms with Crippen molar-refractivity contribution in [3.05, 3.63) is 77.2 Å². The van der Waals surface area contributed by atoms with Crippen LogP contribution in [0.15, 0.2) is 55.0 Å². The molecule has 0 radical (unpaired) electrons. The number of nitrogens with zero attached hydrogens (tertiary/aromatic N) is 1. The standard InChI is InChI=1S/C22H26FN3O3/c1-13-9-10-26(20(24)11-13)19(12-14(2)23)15(3)16(4)25-21(27)17-5-7-18(8-6-17)22(28)29/h5-11,15-16,19,24H,2,12H2,1,3-4H3,(H,25,27)(H,28,29)/t15-,16?,19+/m0/s1. The first-order chi connectivity index (χ1) is 13.6. The van der Waals surface area contributed by atoms with Crippen molar-refractivity contribution in [3.8, 4) is 0 Å². The Morgan fingerprint density at radius 3 is 2.31 bits per heavy atom. The smallest absolute Gasteiger partial charge is 0.335 e. The molecule has 0 bridgehead atoms. The van der Waals surface area contributed by atoms with Crippen molar-refractivity contribution in [1.29, 1.82) is 5.41 Å². The molecule has 6 nitrogen and oxygen atoms in total. The Morgan fingerprint density at radius 2 is 1.79 bits per heavy atom. The van der Waals surface area contributed by atoms with Crippen LogP contribution in [0.3, 0.4) is 0 Å². The van der Waals surface area contributed by atoms with Crippen LogP contribution in [-0.4, -0.2) is 27.6 Å². The zero-order chi connectivity index (χ0) is 21.7. The van der Waals surface area contributed by atoms with E-state index in [1.807, 2.05) is 26.8 Å². The first-order valence-electron chi connectivity index (χ1n) is 9.31. The fourth-order valence-electron chi connectivity index (χ4n) is 3.19. The molecule has 0 fully saturated rings. The van der Waals surface area contributed by atoms with E-state index in [1.54, 1.807) is 16.8 Å². The van der Waals surface area contributed by atoms with E-state index in [1.165, 1.54) is 24.3 Å². The second-order valence-corrected chi connectivity index (χ2v) is 7.29. The van der Waals surface area contributed by atoms with Crippen LogP contribution in [0.2, 0.25) is 0 Å². The van der Waals surface area contributed by atoms with Crippen LogP contribution < -0.4 is 10.8 Å². The zero-order valence-corrected chi connectivity index (χ0v) is 16.8. The number of rotatable bonds is 8. The van der Waals surface area contributed by atoms with E-state index in [4.69, 9.17) is 10.5 Å². The summed E-state index contributed by atoms with van der Waals surface area (Å²) in [6.45, 7) is 8.95. The van der Waals surface area contributed by atoms with E-state index >= 15 is 0 Å². The number of allylic oxidation sites excluding steroid dienone is 1. The molecular weight excluding hydrogens is 373 g/mol. The molecule has 0 aliphatic carbocycles. The summed E-state index contributed by atoms with van der Waals surface area (Å²) >= 11 is 0. The van der Waals surface area contributed by atoms with Gasteiger partial charge in [0.25, 0.3) is 5.91 Å². The minimum Gasteiger partial charge on any atom is -0.478 e. The second kappa shape index (κ2) is 9.32. The number of carboxylic acids is 1. The minimum atomic E-state index is -1.06. The Labute approximate surface area is 169 Å². The summed E-state index contributed by atoms with van der Waals surface area (Å²) in [5.41, 5.74) is 1.63. The summed E-state index contributed by atoms with van der Waals surface area (Å²) in [5, 5.41) is 20.1. The third-order valence-corrected chi connectivity index (χ3v) is 5.08. The predicted molar refractivity (Wildman–Crippen MR) is 108 cm³/mol. The molecule has 2 aromatic rings.